The molecule has 34 valence electrons. The van der Waals surface area contributed by atoms with Crippen molar-refractivity contribution in [2.45, 2.75) is 6.17 Å². The summed E-state index contributed by atoms with van der Waals surface area (Å²) in [5.41, 5.74) is 10.7. The third-order valence-corrected chi connectivity index (χ3v) is 0.637. The highest BCUT2D eigenvalue weighted by Gasteiger charge is 1.95. The molecule has 0 saturated carbocycles. The Morgan fingerprint density at radius 3 is 2.67 bits per heavy atom. The number of hydrogen-bond acceptors (Lipinski definition) is 3. The molecular formula is C3H7N3. The maximum absolute atomic E-state index is 5.27. The van der Waals surface area contributed by atoms with E-state index in [-0.39, 0.29) is 6.17 Å². The van der Waals surface area contributed by atoms with Crippen LogP contribution in [0.3, 0.4) is 0 Å². The Morgan fingerprint density at radius 1 is 1.67 bits per heavy atom. The fourth-order valence-corrected chi connectivity index (χ4v) is 0.344. The van der Waals surface area contributed by atoms with Gasteiger partial charge in [-0.15, -0.1) is 0 Å². The zero-order valence-corrected chi connectivity index (χ0v) is 3.31. The molecule has 0 radical (unpaired) electrons. The molecule has 1 heterocycles. The molecular weight excluding hydrogens is 78.1 g/mol. The molecule has 0 aromatic heterocycles. The molecule has 0 spiro atoms. The van der Waals surface area contributed by atoms with Crippen LogP contribution in [-0.2, 0) is 0 Å². The summed E-state index contributed by atoms with van der Waals surface area (Å²) in [4.78, 5) is 0. The molecule has 1 unspecified atom stereocenters. The molecule has 3 nitrogen and oxygen atoms in total. The molecule has 6 heavy (non-hydrogen) atoms. The van der Waals surface area contributed by atoms with Crippen LogP contribution in [0.1, 0.15) is 0 Å². The van der Waals surface area contributed by atoms with Crippen molar-refractivity contribution >= 4 is 0 Å². The zero-order chi connectivity index (χ0) is 4.41. The maximum Gasteiger partial charge on any atom is 0.0929 e. The third-order valence-electron chi connectivity index (χ3n) is 0.637. The lowest BCUT2D eigenvalue weighted by Gasteiger charge is -1.96. The fourth-order valence-electron chi connectivity index (χ4n) is 0.344. The number of hydrazine groups is 1. The van der Waals surface area contributed by atoms with Crippen LogP contribution in [0, 0.1) is 0 Å². The Bertz CT molecular complexity index is 68.4. The molecule has 0 bridgehead atoms. The van der Waals surface area contributed by atoms with Gasteiger partial charge in [-0.1, -0.05) is 0 Å². The van der Waals surface area contributed by atoms with Crippen molar-refractivity contribution in [1.82, 2.24) is 10.9 Å². The van der Waals surface area contributed by atoms with Gasteiger partial charge < -0.3 is 11.2 Å². The molecule has 4 N–H and O–H groups in total. The van der Waals surface area contributed by atoms with Crippen LogP contribution in [0.25, 0.3) is 0 Å². The van der Waals surface area contributed by atoms with Gasteiger partial charge in [-0.25, -0.2) is 5.43 Å². The van der Waals surface area contributed by atoms with E-state index in [4.69, 9.17) is 5.73 Å². The second kappa shape index (κ2) is 1.28. The average Bonchev–Trinajstić information content (AvgIpc) is 1.86. The minimum Gasteiger partial charge on any atom is -0.327 e. The van der Waals surface area contributed by atoms with Gasteiger partial charge >= 0.3 is 0 Å². The second-order valence-electron chi connectivity index (χ2n) is 1.17. The first kappa shape index (κ1) is 3.64. The predicted octanol–water partition coefficient (Wildman–Crippen LogP) is -1.11. The highest BCUT2D eigenvalue weighted by molar-refractivity contribution is 4.92. The molecule has 0 aromatic rings. The third kappa shape index (κ3) is 0.502. The Hall–Kier alpha value is -0.540. The second-order valence-corrected chi connectivity index (χ2v) is 1.17. The molecule has 0 aromatic carbocycles. The molecule has 0 saturated heterocycles. The number of hydrogen-bond donors (Lipinski definition) is 3. The van der Waals surface area contributed by atoms with E-state index < -0.39 is 0 Å². The van der Waals surface area contributed by atoms with Crippen LogP contribution >= 0.6 is 0 Å². The van der Waals surface area contributed by atoms with E-state index in [0.717, 1.165) is 0 Å². The Kier molecular flexibility index (Phi) is 0.777. The van der Waals surface area contributed by atoms with E-state index in [9.17, 15) is 0 Å². The van der Waals surface area contributed by atoms with Crippen LogP contribution in [0.4, 0.5) is 0 Å². The standard InChI is InChI=1S/C3H7N3/c4-3-1-2-5-6-3/h1-3,5-6H,4H2. The summed E-state index contributed by atoms with van der Waals surface area (Å²) in [7, 11) is 0. The van der Waals surface area contributed by atoms with Crippen LogP contribution in [0.15, 0.2) is 12.3 Å². The van der Waals surface area contributed by atoms with E-state index in [2.05, 4.69) is 10.9 Å². The Balaban J connectivity index is 2.38. The van der Waals surface area contributed by atoms with Crippen LogP contribution in [0.5, 0.6) is 0 Å². The van der Waals surface area contributed by atoms with E-state index in [1.807, 2.05) is 6.08 Å². The lowest BCUT2D eigenvalue weighted by Crippen LogP contribution is -2.36. The van der Waals surface area contributed by atoms with Crippen molar-refractivity contribution in [3.8, 4) is 0 Å². The van der Waals surface area contributed by atoms with Gasteiger partial charge in [0, 0.05) is 6.20 Å². The largest absolute Gasteiger partial charge is 0.327 e. The lowest BCUT2D eigenvalue weighted by molar-refractivity contribution is 0.602. The SMILES string of the molecule is NC1C=CNN1. The summed E-state index contributed by atoms with van der Waals surface area (Å²) in [6, 6.07) is 0. The van der Waals surface area contributed by atoms with Crippen molar-refractivity contribution in [3.05, 3.63) is 12.3 Å². The van der Waals surface area contributed by atoms with Gasteiger partial charge in [0.05, 0.1) is 6.17 Å². The molecule has 3 heteroatoms. The van der Waals surface area contributed by atoms with Gasteiger partial charge in [0.1, 0.15) is 0 Å². The van der Waals surface area contributed by atoms with Crippen LogP contribution in [-0.4, -0.2) is 6.17 Å². The van der Waals surface area contributed by atoms with E-state index in [1.54, 1.807) is 6.20 Å². The molecule has 0 aliphatic carbocycles. The first-order valence-electron chi connectivity index (χ1n) is 1.83. The first-order valence-corrected chi connectivity index (χ1v) is 1.83. The number of nitrogens with one attached hydrogen (secondary N) is 2. The zero-order valence-electron chi connectivity index (χ0n) is 3.31. The summed E-state index contributed by atoms with van der Waals surface area (Å²) < 4.78 is 0. The molecule has 0 fully saturated rings. The van der Waals surface area contributed by atoms with Crippen molar-refractivity contribution in [2.24, 2.45) is 5.73 Å². The Labute approximate surface area is 36.2 Å². The molecule has 1 aliphatic rings. The average molecular weight is 85.1 g/mol. The van der Waals surface area contributed by atoms with Gasteiger partial charge in [-0.2, -0.15) is 0 Å². The minimum atomic E-state index is 0.00463. The van der Waals surface area contributed by atoms with Gasteiger partial charge in [0.2, 0.25) is 0 Å². The summed E-state index contributed by atoms with van der Waals surface area (Å²) in [5, 5.41) is 0. The van der Waals surface area contributed by atoms with Gasteiger partial charge in [0.15, 0.2) is 0 Å². The lowest BCUT2D eigenvalue weighted by atomic mass is 10.5. The van der Waals surface area contributed by atoms with Crippen molar-refractivity contribution in [3.63, 3.8) is 0 Å². The van der Waals surface area contributed by atoms with Crippen LogP contribution < -0.4 is 16.6 Å². The van der Waals surface area contributed by atoms with Gasteiger partial charge in [-0.05, 0) is 6.08 Å². The topological polar surface area (TPSA) is 50.1 Å². The summed E-state index contributed by atoms with van der Waals surface area (Å²) in [6.07, 6.45) is 3.61. The smallest absolute Gasteiger partial charge is 0.0929 e. The van der Waals surface area contributed by atoms with Gasteiger partial charge in [0.25, 0.3) is 0 Å². The van der Waals surface area contributed by atoms with Crippen molar-refractivity contribution in [2.75, 3.05) is 0 Å². The van der Waals surface area contributed by atoms with E-state index >= 15 is 0 Å². The van der Waals surface area contributed by atoms with Crippen molar-refractivity contribution < 1.29 is 0 Å². The quantitative estimate of drug-likeness (QED) is 0.349. The Morgan fingerprint density at radius 2 is 2.50 bits per heavy atom. The van der Waals surface area contributed by atoms with Crippen LogP contribution in [0.2, 0.25) is 0 Å². The highest BCUT2D eigenvalue weighted by Crippen LogP contribution is 1.76. The van der Waals surface area contributed by atoms with Gasteiger partial charge in [-0.3, -0.25) is 0 Å². The molecule has 1 aliphatic heterocycles. The summed E-state index contributed by atoms with van der Waals surface area (Å²) >= 11 is 0. The molecule has 1 atom stereocenters. The number of rotatable bonds is 0. The highest BCUT2D eigenvalue weighted by atomic mass is 15.4. The van der Waals surface area contributed by atoms with E-state index in [1.165, 1.54) is 0 Å². The van der Waals surface area contributed by atoms with Crippen molar-refractivity contribution in [1.29, 1.82) is 0 Å². The monoisotopic (exact) mass is 85.1 g/mol. The predicted molar refractivity (Wildman–Crippen MR) is 23.4 cm³/mol. The molecule has 0 amide bonds. The molecule has 1 rings (SSSR count). The maximum atomic E-state index is 5.27. The number of nitrogens with two attached hydrogens (primary N) is 1. The summed E-state index contributed by atoms with van der Waals surface area (Å²) in [5.74, 6) is 0. The minimum absolute atomic E-state index is 0.00463. The first-order chi connectivity index (χ1) is 2.89. The summed E-state index contributed by atoms with van der Waals surface area (Å²) in [6.45, 7) is 0. The fraction of sp³-hybridized carbons (Fsp3) is 0.333. The normalized spacial score (nSPS) is 30.5. The van der Waals surface area contributed by atoms with E-state index in [0.29, 0.717) is 0 Å².